The lowest BCUT2D eigenvalue weighted by atomic mass is 10.2. The number of hydrazone groups is 1. The van der Waals surface area contributed by atoms with Gasteiger partial charge in [-0.05, 0) is 42.8 Å². The molecule has 0 aliphatic rings. The van der Waals surface area contributed by atoms with Gasteiger partial charge in [0.2, 0.25) is 0 Å². The molecule has 0 aliphatic heterocycles. The first-order chi connectivity index (χ1) is 13.9. The van der Waals surface area contributed by atoms with Gasteiger partial charge in [-0.15, -0.1) is 0 Å². The summed E-state index contributed by atoms with van der Waals surface area (Å²) in [5.41, 5.74) is 3.60. The van der Waals surface area contributed by atoms with E-state index in [0.29, 0.717) is 22.1 Å². The fourth-order valence-corrected chi connectivity index (χ4v) is 2.65. The Morgan fingerprint density at radius 1 is 1.28 bits per heavy atom. The highest BCUT2D eigenvalue weighted by atomic mass is 35.5. The molecule has 1 amide bonds. The number of hydrogen-bond donors (Lipinski definition) is 1. The molecule has 0 fully saturated rings. The Labute approximate surface area is 170 Å². The fraction of sp³-hybridized carbons (Fsp3) is 0.100. The number of nitrogens with one attached hydrogen (secondary N) is 1. The van der Waals surface area contributed by atoms with E-state index < -0.39 is 17.4 Å². The molecule has 3 aromatic rings. The number of carbonyl (C=O) groups excluding carboxylic acids is 1. The van der Waals surface area contributed by atoms with Crippen molar-refractivity contribution in [3.8, 4) is 17.1 Å². The Balaban J connectivity index is 1.55. The Morgan fingerprint density at radius 3 is 2.86 bits per heavy atom. The predicted molar refractivity (Wildman–Crippen MR) is 108 cm³/mol. The average Bonchev–Trinajstić information content (AvgIpc) is 3.16. The monoisotopic (exact) mass is 413 g/mol. The van der Waals surface area contributed by atoms with Gasteiger partial charge in [0.25, 0.3) is 5.91 Å². The highest BCUT2D eigenvalue weighted by Crippen LogP contribution is 2.27. The number of ether oxygens (including phenoxy) is 1. The van der Waals surface area contributed by atoms with Crippen molar-refractivity contribution < 1.29 is 18.9 Å². The van der Waals surface area contributed by atoms with Gasteiger partial charge in [-0.25, -0.2) is 5.43 Å². The van der Waals surface area contributed by atoms with Gasteiger partial charge >= 0.3 is 5.69 Å². The molecule has 0 saturated heterocycles. The second-order valence-electron chi connectivity index (χ2n) is 6.02. The molecule has 3 rings (SSSR count). The zero-order valence-electron chi connectivity index (χ0n) is 15.3. The molecule has 2 aromatic carbocycles. The van der Waals surface area contributed by atoms with Crippen LogP contribution in [0.3, 0.4) is 0 Å². The molecular formula is C20H16ClN3O5. The number of furan rings is 1. The summed E-state index contributed by atoms with van der Waals surface area (Å²) in [4.78, 5) is 22.3. The number of nitro groups is 1. The summed E-state index contributed by atoms with van der Waals surface area (Å²) in [7, 11) is 0. The highest BCUT2D eigenvalue weighted by Gasteiger charge is 2.16. The second kappa shape index (κ2) is 9.03. The minimum Gasteiger partial charge on any atom is -0.477 e. The topological polar surface area (TPSA) is 107 Å². The predicted octanol–water partition coefficient (Wildman–Crippen LogP) is 4.35. The second-order valence-corrected chi connectivity index (χ2v) is 6.46. The van der Waals surface area contributed by atoms with E-state index in [1.54, 1.807) is 37.3 Å². The fourth-order valence-electron chi connectivity index (χ4n) is 2.45. The van der Waals surface area contributed by atoms with Crippen molar-refractivity contribution in [1.82, 2.24) is 5.43 Å². The van der Waals surface area contributed by atoms with Crippen LogP contribution in [0.15, 0.2) is 64.1 Å². The Hall–Kier alpha value is -3.65. The summed E-state index contributed by atoms with van der Waals surface area (Å²) >= 11 is 5.96. The van der Waals surface area contributed by atoms with Crippen molar-refractivity contribution in [3.05, 3.63) is 81.1 Å². The summed E-state index contributed by atoms with van der Waals surface area (Å²) in [6, 6.07) is 15.1. The lowest BCUT2D eigenvalue weighted by Gasteiger charge is -2.06. The van der Waals surface area contributed by atoms with Gasteiger partial charge in [-0.2, -0.15) is 5.10 Å². The maximum absolute atomic E-state index is 11.9. The molecule has 0 bridgehead atoms. The molecule has 0 unspecified atom stereocenters. The molecule has 0 radical (unpaired) electrons. The van der Waals surface area contributed by atoms with Crippen LogP contribution in [0.25, 0.3) is 11.3 Å². The van der Waals surface area contributed by atoms with Gasteiger partial charge in [0.15, 0.2) is 12.4 Å². The maximum Gasteiger partial charge on any atom is 0.311 e. The first-order valence-corrected chi connectivity index (χ1v) is 8.85. The van der Waals surface area contributed by atoms with Crippen molar-refractivity contribution in [2.24, 2.45) is 5.10 Å². The first kappa shape index (κ1) is 20.1. The number of aryl methyl sites for hydroxylation is 1. The molecule has 1 heterocycles. The SMILES string of the molecule is Cc1ccc(OCC(=O)N/N=C/c2ccc(-c3cccc(Cl)c3)o2)c([N+](=O)[O-])c1. The van der Waals surface area contributed by atoms with E-state index in [9.17, 15) is 14.9 Å². The quantitative estimate of drug-likeness (QED) is 0.352. The molecule has 1 N–H and O–H groups in total. The normalized spacial score (nSPS) is 10.8. The molecule has 0 atom stereocenters. The van der Waals surface area contributed by atoms with E-state index in [2.05, 4.69) is 10.5 Å². The maximum atomic E-state index is 11.9. The number of nitrogens with zero attached hydrogens (tertiary/aromatic N) is 2. The van der Waals surface area contributed by atoms with Gasteiger partial charge in [-0.3, -0.25) is 14.9 Å². The molecule has 9 heteroatoms. The summed E-state index contributed by atoms with van der Waals surface area (Å²) in [6.07, 6.45) is 1.33. The molecule has 0 saturated carbocycles. The number of carbonyl (C=O) groups is 1. The first-order valence-electron chi connectivity index (χ1n) is 8.48. The van der Waals surface area contributed by atoms with Crippen LogP contribution in [0.4, 0.5) is 5.69 Å². The molecule has 0 aliphatic carbocycles. The third kappa shape index (κ3) is 5.43. The van der Waals surface area contributed by atoms with Crippen LogP contribution >= 0.6 is 11.6 Å². The zero-order valence-corrected chi connectivity index (χ0v) is 16.1. The van der Waals surface area contributed by atoms with Crippen LogP contribution in [0.1, 0.15) is 11.3 Å². The lowest BCUT2D eigenvalue weighted by molar-refractivity contribution is -0.385. The third-order valence-corrected chi connectivity index (χ3v) is 4.02. The van der Waals surface area contributed by atoms with E-state index in [4.69, 9.17) is 20.8 Å². The largest absolute Gasteiger partial charge is 0.477 e. The smallest absolute Gasteiger partial charge is 0.311 e. The van der Waals surface area contributed by atoms with Crippen LogP contribution in [-0.2, 0) is 4.79 Å². The van der Waals surface area contributed by atoms with E-state index >= 15 is 0 Å². The molecule has 8 nitrogen and oxygen atoms in total. The van der Waals surface area contributed by atoms with Crippen LogP contribution in [0.5, 0.6) is 5.75 Å². The standard InChI is InChI=1S/C20H16ClN3O5/c1-13-5-7-19(17(9-13)24(26)27)28-12-20(25)23-22-11-16-6-8-18(29-16)14-3-2-4-15(21)10-14/h2-11H,12H2,1H3,(H,23,25)/b22-11+. The number of amides is 1. The summed E-state index contributed by atoms with van der Waals surface area (Å²) in [6.45, 7) is 1.30. The number of halogens is 1. The number of nitro benzene ring substituents is 1. The number of benzene rings is 2. The average molecular weight is 414 g/mol. The summed E-state index contributed by atoms with van der Waals surface area (Å²) < 4.78 is 10.9. The van der Waals surface area contributed by atoms with Gasteiger partial charge in [-0.1, -0.05) is 29.8 Å². The molecule has 29 heavy (non-hydrogen) atoms. The van der Waals surface area contributed by atoms with Crippen molar-refractivity contribution in [2.45, 2.75) is 6.92 Å². The summed E-state index contributed by atoms with van der Waals surface area (Å²) in [5.74, 6) is 0.473. The number of rotatable bonds is 7. The van der Waals surface area contributed by atoms with Gasteiger partial charge < -0.3 is 9.15 Å². The van der Waals surface area contributed by atoms with Crippen LogP contribution in [0, 0.1) is 17.0 Å². The van der Waals surface area contributed by atoms with E-state index in [1.807, 2.05) is 12.1 Å². The highest BCUT2D eigenvalue weighted by molar-refractivity contribution is 6.30. The number of hydrogen-bond acceptors (Lipinski definition) is 6. The minimum absolute atomic E-state index is 0.0110. The zero-order chi connectivity index (χ0) is 20.8. The molecule has 1 aromatic heterocycles. The minimum atomic E-state index is -0.572. The molecular weight excluding hydrogens is 398 g/mol. The Kier molecular flexibility index (Phi) is 6.25. The summed E-state index contributed by atoms with van der Waals surface area (Å²) in [5, 5.41) is 15.4. The Bertz CT molecular complexity index is 1080. The van der Waals surface area contributed by atoms with Crippen molar-refractivity contribution in [2.75, 3.05) is 6.61 Å². The van der Waals surface area contributed by atoms with Crippen LogP contribution in [0.2, 0.25) is 5.02 Å². The van der Waals surface area contributed by atoms with Gasteiger partial charge in [0.1, 0.15) is 11.5 Å². The van der Waals surface area contributed by atoms with Crippen molar-refractivity contribution in [1.29, 1.82) is 0 Å². The van der Waals surface area contributed by atoms with Crippen LogP contribution in [-0.4, -0.2) is 23.7 Å². The van der Waals surface area contributed by atoms with Crippen LogP contribution < -0.4 is 10.2 Å². The lowest BCUT2D eigenvalue weighted by Crippen LogP contribution is -2.24. The molecule has 0 spiro atoms. The Morgan fingerprint density at radius 2 is 2.10 bits per heavy atom. The van der Waals surface area contributed by atoms with E-state index in [-0.39, 0.29) is 11.4 Å². The van der Waals surface area contributed by atoms with Gasteiger partial charge in [0.05, 0.1) is 11.1 Å². The van der Waals surface area contributed by atoms with E-state index in [0.717, 1.165) is 5.56 Å². The molecule has 148 valence electrons. The van der Waals surface area contributed by atoms with E-state index in [1.165, 1.54) is 18.3 Å². The van der Waals surface area contributed by atoms with Crippen molar-refractivity contribution in [3.63, 3.8) is 0 Å². The third-order valence-electron chi connectivity index (χ3n) is 3.79. The van der Waals surface area contributed by atoms with Crippen molar-refractivity contribution >= 4 is 29.4 Å². The van der Waals surface area contributed by atoms with Gasteiger partial charge in [0, 0.05) is 16.7 Å².